The summed E-state index contributed by atoms with van der Waals surface area (Å²) in [7, 11) is -4.16. The van der Waals surface area contributed by atoms with Crippen molar-refractivity contribution in [2.45, 2.75) is 4.90 Å². The third-order valence-corrected chi connectivity index (χ3v) is 2.94. The molecule has 0 unspecified atom stereocenters. The molecule has 0 saturated heterocycles. The number of benzene rings is 1. The maximum atomic E-state index is 13.0. The van der Waals surface area contributed by atoms with Crippen LogP contribution in [0.3, 0.4) is 0 Å². The third kappa shape index (κ3) is 2.71. The highest BCUT2D eigenvalue weighted by Gasteiger charge is 2.18. The Bertz CT molecular complexity index is 508. The number of nitrogens with zero attached hydrogens (tertiary/aromatic N) is 1. The first-order valence-electron chi connectivity index (χ1n) is 3.79. The SMILES string of the molecule is N#CCNS(=O)(=O)c1cc(F)ccc1F. The summed E-state index contributed by atoms with van der Waals surface area (Å²) >= 11 is 0. The normalized spacial score (nSPS) is 11.0. The van der Waals surface area contributed by atoms with Crippen molar-refractivity contribution in [2.24, 2.45) is 0 Å². The quantitative estimate of drug-likeness (QED) is 0.782. The number of halogens is 2. The van der Waals surface area contributed by atoms with Gasteiger partial charge in [-0.15, -0.1) is 0 Å². The maximum absolute atomic E-state index is 13.0. The van der Waals surface area contributed by atoms with Crippen LogP contribution in [0.1, 0.15) is 0 Å². The van der Waals surface area contributed by atoms with E-state index in [9.17, 15) is 17.2 Å². The van der Waals surface area contributed by atoms with E-state index in [4.69, 9.17) is 5.26 Å². The minimum absolute atomic E-state index is 0.502. The van der Waals surface area contributed by atoms with Crippen LogP contribution in [0.15, 0.2) is 23.1 Å². The van der Waals surface area contributed by atoms with Crippen LogP contribution < -0.4 is 4.72 Å². The lowest BCUT2D eigenvalue weighted by molar-refractivity contribution is 0.548. The summed E-state index contributed by atoms with van der Waals surface area (Å²) in [5.41, 5.74) is 0. The largest absolute Gasteiger partial charge is 0.244 e. The Morgan fingerprint density at radius 2 is 2.07 bits per heavy atom. The predicted octanol–water partition coefficient (Wildman–Crippen LogP) is 0.767. The number of nitrogens with one attached hydrogen (secondary N) is 1. The van der Waals surface area contributed by atoms with Gasteiger partial charge in [0.05, 0.1) is 12.6 Å². The van der Waals surface area contributed by atoms with Crippen LogP contribution in [0, 0.1) is 23.0 Å². The zero-order valence-corrected chi connectivity index (χ0v) is 8.18. The minimum Gasteiger partial charge on any atom is -0.207 e. The van der Waals surface area contributed by atoms with Gasteiger partial charge in [0.25, 0.3) is 0 Å². The van der Waals surface area contributed by atoms with Gasteiger partial charge >= 0.3 is 0 Å². The summed E-state index contributed by atoms with van der Waals surface area (Å²) < 4.78 is 50.1. The van der Waals surface area contributed by atoms with Crippen LogP contribution >= 0.6 is 0 Å². The second kappa shape index (κ2) is 4.33. The van der Waals surface area contributed by atoms with Gasteiger partial charge in [-0.05, 0) is 18.2 Å². The average molecular weight is 232 g/mol. The molecule has 1 aromatic rings. The number of hydrogen-bond donors (Lipinski definition) is 1. The molecule has 7 heteroatoms. The van der Waals surface area contributed by atoms with Crippen molar-refractivity contribution < 1.29 is 17.2 Å². The first-order valence-corrected chi connectivity index (χ1v) is 5.27. The van der Waals surface area contributed by atoms with Crippen LogP contribution in [0.2, 0.25) is 0 Å². The summed E-state index contributed by atoms with van der Waals surface area (Å²) in [4.78, 5) is -0.808. The number of hydrogen-bond acceptors (Lipinski definition) is 3. The first kappa shape index (κ1) is 11.6. The summed E-state index contributed by atoms with van der Waals surface area (Å²) in [5, 5.41) is 8.16. The fourth-order valence-corrected chi connectivity index (χ4v) is 1.89. The molecule has 0 aliphatic carbocycles. The van der Waals surface area contributed by atoms with Crippen LogP contribution in [-0.4, -0.2) is 15.0 Å². The monoisotopic (exact) mass is 232 g/mol. The van der Waals surface area contributed by atoms with Crippen molar-refractivity contribution in [3.63, 3.8) is 0 Å². The standard InChI is InChI=1S/C8H6F2N2O2S/c9-6-1-2-7(10)8(5-6)15(13,14)12-4-3-11/h1-2,5,12H,4H2. The van der Waals surface area contributed by atoms with Crippen LogP contribution in [-0.2, 0) is 10.0 Å². The smallest absolute Gasteiger partial charge is 0.207 e. The molecule has 0 aliphatic heterocycles. The summed E-state index contributed by atoms with van der Waals surface area (Å²) in [6, 6.07) is 3.58. The fourth-order valence-electron chi connectivity index (χ4n) is 0.888. The van der Waals surface area contributed by atoms with Gasteiger partial charge < -0.3 is 0 Å². The van der Waals surface area contributed by atoms with Crippen molar-refractivity contribution in [2.75, 3.05) is 6.54 Å². The number of nitriles is 1. The molecular formula is C8H6F2N2O2S. The van der Waals surface area contributed by atoms with E-state index >= 15 is 0 Å². The Kier molecular flexibility index (Phi) is 3.34. The van der Waals surface area contributed by atoms with E-state index in [0.29, 0.717) is 12.1 Å². The molecule has 1 aromatic carbocycles. The van der Waals surface area contributed by atoms with E-state index < -0.39 is 33.1 Å². The van der Waals surface area contributed by atoms with Crippen molar-refractivity contribution in [1.29, 1.82) is 5.26 Å². The zero-order chi connectivity index (χ0) is 11.5. The van der Waals surface area contributed by atoms with E-state index in [2.05, 4.69) is 0 Å². The molecule has 1 N–H and O–H groups in total. The summed E-state index contributed by atoms with van der Waals surface area (Å²) in [6.45, 7) is -0.502. The molecule has 4 nitrogen and oxygen atoms in total. The Morgan fingerprint density at radius 3 is 2.67 bits per heavy atom. The predicted molar refractivity (Wildman–Crippen MR) is 47.2 cm³/mol. The van der Waals surface area contributed by atoms with Gasteiger partial charge in [-0.25, -0.2) is 17.2 Å². The minimum atomic E-state index is -4.16. The molecule has 0 saturated carbocycles. The lowest BCUT2D eigenvalue weighted by atomic mass is 10.3. The molecule has 80 valence electrons. The Morgan fingerprint density at radius 1 is 1.40 bits per heavy atom. The lowest BCUT2D eigenvalue weighted by Crippen LogP contribution is -2.25. The molecule has 1 rings (SSSR count). The molecule has 0 atom stereocenters. The second-order valence-electron chi connectivity index (χ2n) is 2.56. The zero-order valence-electron chi connectivity index (χ0n) is 7.37. The summed E-state index contributed by atoms with van der Waals surface area (Å²) in [5.74, 6) is -1.93. The maximum Gasteiger partial charge on any atom is 0.244 e. The van der Waals surface area contributed by atoms with Crippen LogP contribution in [0.5, 0.6) is 0 Å². The molecule has 0 fully saturated rings. The first-order chi connectivity index (χ1) is 6.97. The molecular weight excluding hydrogens is 226 g/mol. The van der Waals surface area contributed by atoms with Crippen molar-refractivity contribution >= 4 is 10.0 Å². The number of rotatable bonds is 3. The van der Waals surface area contributed by atoms with Crippen molar-refractivity contribution in [3.8, 4) is 6.07 Å². The highest BCUT2D eigenvalue weighted by Crippen LogP contribution is 2.15. The van der Waals surface area contributed by atoms with Gasteiger partial charge in [-0.3, -0.25) is 0 Å². The fraction of sp³-hybridized carbons (Fsp3) is 0.125. The molecule has 0 amide bonds. The highest BCUT2D eigenvalue weighted by atomic mass is 32.2. The van der Waals surface area contributed by atoms with E-state index in [0.717, 1.165) is 6.07 Å². The third-order valence-electron chi connectivity index (χ3n) is 1.52. The topological polar surface area (TPSA) is 70.0 Å². The van der Waals surface area contributed by atoms with Crippen LogP contribution in [0.4, 0.5) is 8.78 Å². The van der Waals surface area contributed by atoms with E-state index in [-0.39, 0.29) is 0 Å². The molecule has 0 heterocycles. The average Bonchev–Trinajstić information content (AvgIpc) is 2.18. The Hall–Kier alpha value is -1.52. The summed E-state index contributed by atoms with van der Waals surface area (Å²) in [6.07, 6.45) is 0. The second-order valence-corrected chi connectivity index (χ2v) is 4.29. The van der Waals surface area contributed by atoms with Crippen molar-refractivity contribution in [3.05, 3.63) is 29.8 Å². The molecule has 15 heavy (non-hydrogen) atoms. The molecule has 0 spiro atoms. The van der Waals surface area contributed by atoms with Gasteiger partial charge in [-0.2, -0.15) is 9.98 Å². The van der Waals surface area contributed by atoms with Gasteiger partial charge in [0, 0.05) is 0 Å². The molecule has 0 aliphatic rings. The van der Waals surface area contributed by atoms with Crippen LogP contribution in [0.25, 0.3) is 0 Å². The van der Waals surface area contributed by atoms with E-state index in [1.165, 1.54) is 6.07 Å². The van der Waals surface area contributed by atoms with E-state index in [1.54, 1.807) is 4.72 Å². The Labute approximate surface area is 85.2 Å². The van der Waals surface area contributed by atoms with Gasteiger partial charge in [0.1, 0.15) is 16.5 Å². The molecule has 0 aromatic heterocycles. The number of sulfonamides is 1. The van der Waals surface area contributed by atoms with Gasteiger partial charge in [-0.1, -0.05) is 0 Å². The molecule has 0 radical (unpaired) electrons. The lowest BCUT2D eigenvalue weighted by Gasteiger charge is -2.04. The Balaban J connectivity index is 3.16. The van der Waals surface area contributed by atoms with Gasteiger partial charge in [0.15, 0.2) is 0 Å². The van der Waals surface area contributed by atoms with Crippen molar-refractivity contribution in [1.82, 2.24) is 4.72 Å². The molecule has 0 bridgehead atoms. The van der Waals surface area contributed by atoms with E-state index in [1.807, 2.05) is 0 Å². The van der Waals surface area contributed by atoms with Gasteiger partial charge in [0.2, 0.25) is 10.0 Å². The highest BCUT2D eigenvalue weighted by molar-refractivity contribution is 7.89.